The van der Waals surface area contributed by atoms with Crippen LogP contribution >= 0.6 is 11.8 Å². The second-order valence-corrected chi connectivity index (χ2v) is 7.53. The van der Waals surface area contributed by atoms with Crippen molar-refractivity contribution >= 4 is 28.5 Å². The minimum absolute atomic E-state index is 0.0780. The molecule has 4 aromatic rings. The summed E-state index contributed by atoms with van der Waals surface area (Å²) in [7, 11) is 0. The normalized spacial score (nSPS) is 11.2. The molecule has 0 spiro atoms. The lowest BCUT2D eigenvalue weighted by Gasteiger charge is -2.01. The highest BCUT2D eigenvalue weighted by Crippen LogP contribution is 2.22. The molecular formula is C19H17N5O4S. The lowest BCUT2D eigenvalue weighted by atomic mass is 10.1. The molecule has 0 radical (unpaired) electrons. The van der Waals surface area contributed by atoms with Gasteiger partial charge in [-0.25, -0.2) is 9.78 Å². The average Bonchev–Trinajstić information content (AvgIpc) is 3.29. The fourth-order valence-corrected chi connectivity index (χ4v) is 3.64. The van der Waals surface area contributed by atoms with Crippen LogP contribution in [0.2, 0.25) is 0 Å². The van der Waals surface area contributed by atoms with Gasteiger partial charge in [-0.1, -0.05) is 41.6 Å². The number of aromatic amines is 1. The fraction of sp³-hybridized carbons (Fsp3) is 0.211. The first-order valence-corrected chi connectivity index (χ1v) is 9.90. The van der Waals surface area contributed by atoms with Gasteiger partial charge in [-0.3, -0.25) is 19.8 Å². The third-order valence-electron chi connectivity index (χ3n) is 4.41. The van der Waals surface area contributed by atoms with Crippen LogP contribution in [0.25, 0.3) is 22.5 Å². The Hall–Kier alpha value is -3.40. The number of hydrogen-bond acceptors (Lipinski definition) is 7. The molecule has 0 aliphatic heterocycles. The van der Waals surface area contributed by atoms with Crippen LogP contribution in [0, 0.1) is 17.0 Å². The highest BCUT2D eigenvalue weighted by atomic mass is 32.2. The summed E-state index contributed by atoms with van der Waals surface area (Å²) in [5.41, 5.74) is 2.83. The van der Waals surface area contributed by atoms with Crippen LogP contribution in [-0.4, -0.2) is 30.4 Å². The molecule has 0 atom stereocenters. The van der Waals surface area contributed by atoms with Gasteiger partial charge in [-0.2, -0.15) is 0 Å². The summed E-state index contributed by atoms with van der Waals surface area (Å²) in [6.07, 6.45) is 0.649. The molecule has 0 aliphatic carbocycles. The second kappa shape index (κ2) is 7.92. The van der Waals surface area contributed by atoms with Crippen LogP contribution in [-0.2, 0) is 6.54 Å². The predicted octanol–water partition coefficient (Wildman–Crippen LogP) is 3.78. The van der Waals surface area contributed by atoms with E-state index in [1.54, 1.807) is 0 Å². The molecule has 9 nitrogen and oxygen atoms in total. The van der Waals surface area contributed by atoms with Crippen molar-refractivity contribution in [3.05, 3.63) is 68.7 Å². The molecule has 10 heteroatoms. The Kier molecular flexibility index (Phi) is 5.17. The molecule has 0 aliphatic rings. The van der Waals surface area contributed by atoms with E-state index in [9.17, 15) is 14.9 Å². The molecule has 0 saturated carbocycles. The number of fused-ring (bicyclic) bond motifs is 1. The van der Waals surface area contributed by atoms with Crippen molar-refractivity contribution in [3.8, 4) is 11.4 Å². The van der Waals surface area contributed by atoms with Gasteiger partial charge in [-0.05, 0) is 19.4 Å². The standard InChI is InChI=1S/C19H17N5O4S/c1-12-3-5-13(6-4-12)17-20-18(22-21-17)29-10-2-9-23-15-11-14(24(26)27)7-8-16(15)28-19(23)25/h3-8,11H,2,9-10H2,1H3,(H,20,21,22). The van der Waals surface area contributed by atoms with E-state index in [1.807, 2.05) is 31.2 Å². The van der Waals surface area contributed by atoms with Gasteiger partial charge in [0.25, 0.3) is 5.69 Å². The van der Waals surface area contributed by atoms with E-state index >= 15 is 0 Å². The molecule has 2 aromatic carbocycles. The van der Waals surface area contributed by atoms with E-state index in [0.29, 0.717) is 40.8 Å². The number of H-pyrrole nitrogens is 1. The van der Waals surface area contributed by atoms with Gasteiger partial charge in [-0.15, -0.1) is 5.10 Å². The summed E-state index contributed by atoms with van der Waals surface area (Å²) in [5, 5.41) is 18.7. The maximum absolute atomic E-state index is 12.1. The number of rotatable bonds is 7. The molecule has 2 aromatic heterocycles. The summed E-state index contributed by atoms with van der Waals surface area (Å²) in [5.74, 6) is 0.862. The fourth-order valence-electron chi connectivity index (χ4n) is 2.91. The zero-order valence-corrected chi connectivity index (χ0v) is 16.3. The number of aryl methyl sites for hydroxylation is 2. The highest BCUT2D eigenvalue weighted by molar-refractivity contribution is 7.99. The van der Waals surface area contributed by atoms with Crippen molar-refractivity contribution in [1.82, 2.24) is 19.7 Å². The van der Waals surface area contributed by atoms with Crippen molar-refractivity contribution in [2.75, 3.05) is 5.75 Å². The van der Waals surface area contributed by atoms with Crippen molar-refractivity contribution in [3.63, 3.8) is 0 Å². The lowest BCUT2D eigenvalue weighted by molar-refractivity contribution is -0.384. The quantitative estimate of drug-likeness (QED) is 0.213. The molecule has 0 saturated heterocycles. The Labute approximate surface area is 168 Å². The molecule has 148 valence electrons. The Morgan fingerprint density at radius 1 is 1.24 bits per heavy atom. The second-order valence-electron chi connectivity index (χ2n) is 6.46. The number of nitrogens with one attached hydrogen (secondary N) is 1. The van der Waals surface area contributed by atoms with E-state index < -0.39 is 10.7 Å². The number of oxazole rings is 1. The molecule has 0 bridgehead atoms. The number of benzene rings is 2. The smallest absolute Gasteiger partial charge is 0.408 e. The largest absolute Gasteiger partial charge is 0.419 e. The maximum Gasteiger partial charge on any atom is 0.419 e. The maximum atomic E-state index is 12.1. The molecule has 4 rings (SSSR count). The summed E-state index contributed by atoms with van der Waals surface area (Å²) in [4.78, 5) is 27.0. The first-order valence-electron chi connectivity index (χ1n) is 8.91. The molecule has 0 fully saturated rings. The van der Waals surface area contributed by atoms with Crippen LogP contribution < -0.4 is 5.76 Å². The zero-order valence-electron chi connectivity index (χ0n) is 15.5. The topological polar surface area (TPSA) is 120 Å². The Balaban J connectivity index is 1.39. The first-order chi connectivity index (χ1) is 14.0. The molecule has 2 heterocycles. The van der Waals surface area contributed by atoms with E-state index in [4.69, 9.17) is 4.42 Å². The lowest BCUT2D eigenvalue weighted by Crippen LogP contribution is -2.14. The summed E-state index contributed by atoms with van der Waals surface area (Å²) < 4.78 is 6.57. The van der Waals surface area contributed by atoms with Crippen molar-refractivity contribution < 1.29 is 9.34 Å². The van der Waals surface area contributed by atoms with E-state index in [0.717, 1.165) is 5.56 Å². The third-order valence-corrected chi connectivity index (χ3v) is 5.34. The van der Waals surface area contributed by atoms with E-state index in [-0.39, 0.29) is 5.69 Å². The van der Waals surface area contributed by atoms with Crippen LogP contribution in [0.15, 0.2) is 56.8 Å². The Morgan fingerprint density at radius 2 is 2.03 bits per heavy atom. The molecule has 0 unspecified atom stereocenters. The number of non-ortho nitro benzene ring substituents is 1. The van der Waals surface area contributed by atoms with Crippen LogP contribution in [0.5, 0.6) is 0 Å². The van der Waals surface area contributed by atoms with Gasteiger partial charge in [0, 0.05) is 30.0 Å². The molecular weight excluding hydrogens is 394 g/mol. The summed E-state index contributed by atoms with van der Waals surface area (Å²) >= 11 is 1.47. The number of nitrogens with zero attached hydrogens (tertiary/aromatic N) is 4. The number of hydrogen-bond donors (Lipinski definition) is 1. The van der Waals surface area contributed by atoms with Gasteiger partial charge in [0.1, 0.15) is 0 Å². The van der Waals surface area contributed by atoms with Crippen LogP contribution in [0.1, 0.15) is 12.0 Å². The van der Waals surface area contributed by atoms with Crippen molar-refractivity contribution in [1.29, 1.82) is 0 Å². The molecule has 0 amide bonds. The summed E-state index contributed by atoms with van der Waals surface area (Å²) in [6, 6.07) is 12.1. The van der Waals surface area contributed by atoms with Gasteiger partial charge in [0.05, 0.1) is 10.4 Å². The number of thioether (sulfide) groups is 1. The van der Waals surface area contributed by atoms with E-state index in [2.05, 4.69) is 15.2 Å². The van der Waals surface area contributed by atoms with Crippen LogP contribution in [0.3, 0.4) is 0 Å². The Morgan fingerprint density at radius 3 is 2.79 bits per heavy atom. The average molecular weight is 411 g/mol. The number of nitro benzene ring substituents is 1. The predicted molar refractivity (Wildman–Crippen MR) is 109 cm³/mol. The van der Waals surface area contributed by atoms with Gasteiger partial charge < -0.3 is 4.42 Å². The third kappa shape index (κ3) is 4.06. The van der Waals surface area contributed by atoms with Crippen molar-refractivity contribution in [2.24, 2.45) is 0 Å². The SMILES string of the molecule is Cc1ccc(-c2nc(SCCCn3c(=O)oc4ccc([N+](=O)[O-])cc43)n[nH]2)cc1. The van der Waals surface area contributed by atoms with Gasteiger partial charge in [0.2, 0.25) is 5.16 Å². The van der Waals surface area contributed by atoms with Gasteiger partial charge in [0.15, 0.2) is 11.4 Å². The minimum Gasteiger partial charge on any atom is -0.408 e. The first kappa shape index (κ1) is 18.9. The number of aromatic nitrogens is 4. The van der Waals surface area contributed by atoms with Gasteiger partial charge >= 0.3 is 5.76 Å². The summed E-state index contributed by atoms with van der Waals surface area (Å²) in [6.45, 7) is 2.41. The molecule has 29 heavy (non-hydrogen) atoms. The highest BCUT2D eigenvalue weighted by Gasteiger charge is 2.14. The van der Waals surface area contributed by atoms with Crippen molar-refractivity contribution in [2.45, 2.75) is 25.0 Å². The Bertz CT molecular complexity index is 1230. The monoisotopic (exact) mass is 411 g/mol. The van der Waals surface area contributed by atoms with Crippen LogP contribution in [0.4, 0.5) is 5.69 Å². The molecule has 1 N–H and O–H groups in total. The minimum atomic E-state index is -0.523. The zero-order chi connectivity index (χ0) is 20.4. The van der Waals surface area contributed by atoms with E-state index in [1.165, 1.54) is 40.1 Å². The number of nitro groups is 1.